The SMILES string of the molecule is CCOC(=O)N1C=CC=C(N2CCC(F)(C(=O)O)CC2)C=C1. The summed E-state index contributed by atoms with van der Waals surface area (Å²) < 4.78 is 18.9. The maximum atomic E-state index is 14.0. The number of carbonyl (C=O) groups is 2. The van der Waals surface area contributed by atoms with E-state index in [2.05, 4.69) is 0 Å². The van der Waals surface area contributed by atoms with Gasteiger partial charge in [-0.15, -0.1) is 0 Å². The van der Waals surface area contributed by atoms with Crippen LogP contribution in [-0.4, -0.2) is 52.3 Å². The maximum Gasteiger partial charge on any atom is 0.417 e. The van der Waals surface area contributed by atoms with Crippen LogP contribution in [0.3, 0.4) is 0 Å². The number of hydrogen-bond acceptors (Lipinski definition) is 4. The summed E-state index contributed by atoms with van der Waals surface area (Å²) in [5, 5.41) is 8.89. The second kappa shape index (κ2) is 6.64. The number of allylic oxidation sites excluding steroid dienone is 3. The third-order valence-electron chi connectivity index (χ3n) is 3.70. The molecule has 2 aliphatic rings. The summed E-state index contributed by atoms with van der Waals surface area (Å²) in [5.41, 5.74) is -1.34. The summed E-state index contributed by atoms with van der Waals surface area (Å²) in [7, 11) is 0. The first-order valence-corrected chi connectivity index (χ1v) is 7.15. The molecule has 0 unspecified atom stereocenters. The van der Waals surface area contributed by atoms with Crippen molar-refractivity contribution in [3.63, 3.8) is 0 Å². The minimum atomic E-state index is -2.14. The number of hydrogen-bond donors (Lipinski definition) is 1. The smallest absolute Gasteiger partial charge is 0.417 e. The predicted octanol–water partition coefficient (Wildman–Crippen LogP) is 2.26. The predicted molar refractivity (Wildman–Crippen MR) is 77.5 cm³/mol. The first kappa shape index (κ1) is 16.1. The zero-order valence-corrected chi connectivity index (χ0v) is 12.4. The van der Waals surface area contributed by atoms with Crippen LogP contribution < -0.4 is 0 Å². The fourth-order valence-corrected chi connectivity index (χ4v) is 2.36. The molecule has 0 aromatic heterocycles. The molecular weight excluding hydrogens is 291 g/mol. The van der Waals surface area contributed by atoms with Gasteiger partial charge in [0.25, 0.3) is 0 Å². The number of amides is 1. The van der Waals surface area contributed by atoms with Gasteiger partial charge in [-0.1, -0.05) is 0 Å². The van der Waals surface area contributed by atoms with Gasteiger partial charge in [0.05, 0.1) is 6.61 Å². The molecule has 2 rings (SSSR count). The monoisotopic (exact) mass is 310 g/mol. The number of ether oxygens (including phenoxy) is 1. The number of nitrogens with zero attached hydrogens (tertiary/aromatic N) is 2. The average molecular weight is 310 g/mol. The third-order valence-corrected chi connectivity index (χ3v) is 3.70. The number of carboxylic acids is 1. The fraction of sp³-hybridized carbons (Fsp3) is 0.467. The van der Waals surface area contributed by atoms with Crippen LogP contribution in [0.5, 0.6) is 0 Å². The van der Waals surface area contributed by atoms with Gasteiger partial charge in [-0.05, 0) is 25.2 Å². The molecule has 1 saturated heterocycles. The number of piperidine rings is 1. The summed E-state index contributed by atoms with van der Waals surface area (Å²) in [6.07, 6.45) is 7.77. The Bertz CT molecular complexity index is 534. The molecule has 0 spiro atoms. The molecule has 0 radical (unpaired) electrons. The standard InChI is InChI=1S/C15H19FN2O4/c1-2-22-14(21)18-8-3-4-12(5-9-18)17-10-6-15(16,7-11-17)13(19)20/h3-5,8-9H,2,6-7,10-11H2,1H3,(H,19,20). The summed E-state index contributed by atoms with van der Waals surface area (Å²) in [5.74, 6) is -1.40. The summed E-state index contributed by atoms with van der Waals surface area (Å²) >= 11 is 0. The van der Waals surface area contributed by atoms with E-state index in [1.165, 1.54) is 4.90 Å². The van der Waals surface area contributed by atoms with Gasteiger partial charge >= 0.3 is 12.1 Å². The first-order chi connectivity index (χ1) is 10.5. The van der Waals surface area contributed by atoms with Gasteiger partial charge in [-0.25, -0.2) is 14.0 Å². The van der Waals surface area contributed by atoms with Gasteiger partial charge in [-0.2, -0.15) is 0 Å². The van der Waals surface area contributed by atoms with E-state index in [4.69, 9.17) is 9.84 Å². The number of alkyl halides is 1. The van der Waals surface area contributed by atoms with Crippen LogP contribution in [0.1, 0.15) is 19.8 Å². The molecule has 1 amide bonds. The molecule has 1 N–H and O–H groups in total. The Morgan fingerprint density at radius 2 is 2.05 bits per heavy atom. The first-order valence-electron chi connectivity index (χ1n) is 7.15. The largest absolute Gasteiger partial charge is 0.479 e. The van der Waals surface area contributed by atoms with E-state index in [0.29, 0.717) is 13.1 Å². The third kappa shape index (κ3) is 3.47. The Morgan fingerprint density at radius 3 is 2.64 bits per heavy atom. The summed E-state index contributed by atoms with van der Waals surface area (Å²) in [4.78, 5) is 25.8. The van der Waals surface area contributed by atoms with Crippen LogP contribution in [0, 0.1) is 0 Å². The van der Waals surface area contributed by atoms with Crippen LogP contribution in [0.25, 0.3) is 0 Å². The number of aliphatic carboxylic acids is 1. The molecular formula is C15H19FN2O4. The van der Waals surface area contributed by atoms with Crippen LogP contribution in [0.4, 0.5) is 9.18 Å². The molecule has 1 fully saturated rings. The zero-order chi connectivity index (χ0) is 16.2. The maximum absolute atomic E-state index is 14.0. The van der Waals surface area contributed by atoms with Crippen LogP contribution in [0.15, 0.2) is 36.3 Å². The molecule has 0 bridgehead atoms. The lowest BCUT2D eigenvalue weighted by atomic mass is 9.93. The minimum absolute atomic E-state index is 0.0567. The summed E-state index contributed by atoms with van der Waals surface area (Å²) in [6, 6.07) is 0. The van der Waals surface area contributed by atoms with Gasteiger partial charge in [0.15, 0.2) is 0 Å². The van der Waals surface area contributed by atoms with Crippen molar-refractivity contribution >= 4 is 12.1 Å². The number of halogens is 1. The molecule has 7 heteroatoms. The second-order valence-corrected chi connectivity index (χ2v) is 5.11. The van der Waals surface area contributed by atoms with Crippen molar-refractivity contribution in [1.29, 1.82) is 0 Å². The van der Waals surface area contributed by atoms with E-state index >= 15 is 0 Å². The molecule has 0 aromatic carbocycles. The Hall–Kier alpha value is -2.31. The lowest BCUT2D eigenvalue weighted by molar-refractivity contribution is -0.153. The Balaban J connectivity index is 1.99. The van der Waals surface area contributed by atoms with Crippen molar-refractivity contribution in [3.8, 4) is 0 Å². The fourth-order valence-electron chi connectivity index (χ4n) is 2.36. The molecule has 0 saturated carbocycles. The Morgan fingerprint density at radius 1 is 1.36 bits per heavy atom. The van der Waals surface area contributed by atoms with E-state index in [1.54, 1.807) is 37.6 Å². The van der Waals surface area contributed by atoms with Crippen molar-refractivity contribution in [3.05, 3.63) is 36.3 Å². The van der Waals surface area contributed by atoms with E-state index in [-0.39, 0.29) is 19.4 Å². The van der Waals surface area contributed by atoms with Gasteiger partial charge in [0.2, 0.25) is 5.67 Å². The highest BCUT2D eigenvalue weighted by Crippen LogP contribution is 2.29. The van der Waals surface area contributed by atoms with Crippen LogP contribution in [-0.2, 0) is 9.53 Å². The van der Waals surface area contributed by atoms with Gasteiger partial charge < -0.3 is 14.7 Å². The van der Waals surface area contributed by atoms with Crippen molar-refractivity contribution < 1.29 is 23.8 Å². The Labute approximate surface area is 128 Å². The molecule has 0 aromatic rings. The quantitative estimate of drug-likeness (QED) is 0.866. The number of carbonyl (C=O) groups excluding carboxylic acids is 1. The normalized spacial score (nSPS) is 20.4. The molecule has 2 heterocycles. The molecule has 0 aliphatic carbocycles. The zero-order valence-electron chi connectivity index (χ0n) is 12.4. The van der Waals surface area contributed by atoms with E-state index in [0.717, 1.165) is 5.70 Å². The summed E-state index contributed by atoms with van der Waals surface area (Å²) in [6.45, 7) is 2.64. The van der Waals surface area contributed by atoms with E-state index in [1.807, 2.05) is 4.90 Å². The lowest BCUT2D eigenvalue weighted by Gasteiger charge is -2.35. The van der Waals surface area contributed by atoms with Crippen molar-refractivity contribution in [2.45, 2.75) is 25.4 Å². The highest BCUT2D eigenvalue weighted by Gasteiger charge is 2.41. The van der Waals surface area contributed by atoms with E-state index in [9.17, 15) is 14.0 Å². The molecule has 2 aliphatic heterocycles. The van der Waals surface area contributed by atoms with Crippen LogP contribution in [0.2, 0.25) is 0 Å². The van der Waals surface area contributed by atoms with Crippen molar-refractivity contribution in [2.75, 3.05) is 19.7 Å². The number of rotatable bonds is 3. The topological polar surface area (TPSA) is 70.1 Å². The van der Waals surface area contributed by atoms with Crippen molar-refractivity contribution in [2.24, 2.45) is 0 Å². The Kier molecular flexibility index (Phi) is 4.85. The highest BCUT2D eigenvalue weighted by molar-refractivity contribution is 5.77. The van der Waals surface area contributed by atoms with Gasteiger partial charge in [0.1, 0.15) is 0 Å². The second-order valence-electron chi connectivity index (χ2n) is 5.11. The number of carboxylic acid groups (broad SMARTS) is 1. The van der Waals surface area contributed by atoms with Crippen molar-refractivity contribution in [1.82, 2.24) is 9.80 Å². The molecule has 120 valence electrons. The van der Waals surface area contributed by atoms with Gasteiger partial charge in [-0.3, -0.25) is 4.90 Å². The minimum Gasteiger partial charge on any atom is -0.479 e. The van der Waals surface area contributed by atoms with E-state index < -0.39 is 17.7 Å². The van der Waals surface area contributed by atoms with Gasteiger partial charge in [0, 0.05) is 44.0 Å². The highest BCUT2D eigenvalue weighted by atomic mass is 19.1. The lowest BCUT2D eigenvalue weighted by Crippen LogP contribution is -2.45. The average Bonchev–Trinajstić information content (AvgIpc) is 2.74. The van der Waals surface area contributed by atoms with Crippen LogP contribution >= 0.6 is 0 Å². The molecule has 6 nitrogen and oxygen atoms in total. The number of likely N-dealkylation sites (tertiary alicyclic amines) is 1. The molecule has 22 heavy (non-hydrogen) atoms. The molecule has 0 atom stereocenters.